The van der Waals surface area contributed by atoms with Gasteiger partial charge in [-0.1, -0.05) is 6.07 Å². The van der Waals surface area contributed by atoms with E-state index >= 15 is 0 Å². The first-order chi connectivity index (χ1) is 8.35. The van der Waals surface area contributed by atoms with Crippen LogP contribution in [0.4, 0.5) is 0 Å². The number of amides is 1. The Balaban J connectivity index is 1.70. The molecule has 1 atom stereocenters. The van der Waals surface area contributed by atoms with Gasteiger partial charge in [-0.25, -0.2) is 0 Å². The summed E-state index contributed by atoms with van der Waals surface area (Å²) in [7, 11) is 0. The zero-order valence-corrected chi connectivity index (χ0v) is 9.59. The highest BCUT2D eigenvalue weighted by Crippen LogP contribution is 2.24. The maximum Gasteiger partial charge on any atom is 0.210 e. The molecule has 1 aromatic carbocycles. The highest BCUT2D eigenvalue weighted by atomic mass is 16.6. The number of hydrogen-bond donors (Lipinski definition) is 0. The lowest BCUT2D eigenvalue weighted by atomic mass is 10.00. The normalized spacial score (nSPS) is 21.9. The average molecular weight is 233 g/mol. The van der Waals surface area contributed by atoms with Gasteiger partial charge in [0.1, 0.15) is 18.5 Å². The van der Waals surface area contributed by atoms with E-state index in [9.17, 15) is 4.79 Å². The Kier molecular flexibility index (Phi) is 2.73. The van der Waals surface area contributed by atoms with Gasteiger partial charge in [0, 0.05) is 13.1 Å². The third kappa shape index (κ3) is 2.42. The molecule has 4 nitrogen and oxygen atoms in total. The standard InChI is InChI=1S/C13H15NO3/c15-9-14-4-3-10-5-12(2-1-11(10)6-14)16-7-13-8-17-13/h1-2,5,9,13H,3-4,6-8H2. The Labute approximate surface area is 100 Å². The minimum absolute atomic E-state index is 0.289. The first-order valence-corrected chi connectivity index (χ1v) is 5.91. The number of hydrogen-bond acceptors (Lipinski definition) is 3. The largest absolute Gasteiger partial charge is 0.491 e. The fourth-order valence-electron chi connectivity index (χ4n) is 2.08. The molecule has 0 radical (unpaired) electrons. The summed E-state index contributed by atoms with van der Waals surface area (Å²) in [6.45, 7) is 2.97. The zero-order valence-electron chi connectivity index (χ0n) is 9.59. The van der Waals surface area contributed by atoms with Crippen molar-refractivity contribution in [3.8, 4) is 5.75 Å². The first kappa shape index (κ1) is 10.6. The first-order valence-electron chi connectivity index (χ1n) is 5.91. The molecule has 1 fully saturated rings. The highest BCUT2D eigenvalue weighted by Gasteiger charge is 2.23. The smallest absolute Gasteiger partial charge is 0.210 e. The Morgan fingerprint density at radius 2 is 2.35 bits per heavy atom. The Bertz CT molecular complexity index is 429. The summed E-state index contributed by atoms with van der Waals surface area (Å²) < 4.78 is 10.7. The predicted octanol–water partition coefficient (Wildman–Crippen LogP) is 0.979. The van der Waals surface area contributed by atoms with Crippen LogP contribution in [0.3, 0.4) is 0 Å². The van der Waals surface area contributed by atoms with Crippen molar-refractivity contribution in [1.82, 2.24) is 4.90 Å². The fourth-order valence-corrected chi connectivity index (χ4v) is 2.08. The summed E-state index contributed by atoms with van der Waals surface area (Å²) in [6.07, 6.45) is 2.11. The SMILES string of the molecule is O=CN1CCc2cc(OCC3CO3)ccc2C1. The van der Waals surface area contributed by atoms with Crippen molar-refractivity contribution >= 4 is 6.41 Å². The van der Waals surface area contributed by atoms with Crippen molar-refractivity contribution in [2.75, 3.05) is 19.8 Å². The molecule has 0 saturated carbocycles. The van der Waals surface area contributed by atoms with Crippen LogP contribution in [0, 0.1) is 0 Å². The van der Waals surface area contributed by atoms with Crippen LogP contribution >= 0.6 is 0 Å². The molecular formula is C13H15NO3. The summed E-state index contributed by atoms with van der Waals surface area (Å²) >= 11 is 0. The number of ether oxygens (including phenoxy) is 2. The van der Waals surface area contributed by atoms with Gasteiger partial charge in [-0.3, -0.25) is 4.79 Å². The van der Waals surface area contributed by atoms with Gasteiger partial charge < -0.3 is 14.4 Å². The van der Waals surface area contributed by atoms with Crippen molar-refractivity contribution in [3.05, 3.63) is 29.3 Å². The van der Waals surface area contributed by atoms with Gasteiger partial charge in [0.15, 0.2) is 0 Å². The van der Waals surface area contributed by atoms with E-state index in [2.05, 4.69) is 6.07 Å². The third-order valence-corrected chi connectivity index (χ3v) is 3.21. The van der Waals surface area contributed by atoms with Crippen molar-refractivity contribution in [2.24, 2.45) is 0 Å². The molecule has 2 aliphatic rings. The molecule has 0 spiro atoms. The third-order valence-electron chi connectivity index (χ3n) is 3.21. The van der Waals surface area contributed by atoms with E-state index in [1.165, 1.54) is 11.1 Å². The zero-order chi connectivity index (χ0) is 11.7. The quantitative estimate of drug-likeness (QED) is 0.575. The topological polar surface area (TPSA) is 42.1 Å². The molecule has 0 bridgehead atoms. The minimum atomic E-state index is 0.289. The molecular weight excluding hydrogens is 218 g/mol. The van der Waals surface area contributed by atoms with Crippen molar-refractivity contribution in [1.29, 1.82) is 0 Å². The molecule has 1 saturated heterocycles. The number of benzene rings is 1. The van der Waals surface area contributed by atoms with Crippen LogP contribution in [0.25, 0.3) is 0 Å². The second-order valence-electron chi connectivity index (χ2n) is 4.52. The molecule has 2 heterocycles. The molecule has 1 unspecified atom stereocenters. The number of carbonyl (C=O) groups is 1. The number of rotatable bonds is 4. The lowest BCUT2D eigenvalue weighted by molar-refractivity contribution is -0.118. The van der Waals surface area contributed by atoms with Gasteiger partial charge in [0.25, 0.3) is 0 Å². The lowest BCUT2D eigenvalue weighted by Gasteiger charge is -2.25. The van der Waals surface area contributed by atoms with Crippen LogP contribution < -0.4 is 4.74 Å². The number of carbonyl (C=O) groups excluding carboxylic acids is 1. The summed E-state index contributed by atoms with van der Waals surface area (Å²) in [4.78, 5) is 12.5. The second kappa shape index (κ2) is 4.37. The molecule has 90 valence electrons. The van der Waals surface area contributed by atoms with E-state index in [1.54, 1.807) is 4.90 Å². The van der Waals surface area contributed by atoms with Crippen LogP contribution in [-0.2, 0) is 22.5 Å². The van der Waals surface area contributed by atoms with Crippen LogP contribution in [0.15, 0.2) is 18.2 Å². The molecule has 17 heavy (non-hydrogen) atoms. The molecule has 0 N–H and O–H groups in total. The van der Waals surface area contributed by atoms with E-state index in [0.29, 0.717) is 13.2 Å². The van der Waals surface area contributed by atoms with Gasteiger partial charge in [-0.05, 0) is 29.7 Å². The Morgan fingerprint density at radius 1 is 1.47 bits per heavy atom. The van der Waals surface area contributed by atoms with Gasteiger partial charge in [0.05, 0.1) is 6.61 Å². The van der Waals surface area contributed by atoms with E-state index in [4.69, 9.17) is 9.47 Å². The average Bonchev–Trinajstić information content (AvgIpc) is 3.19. The lowest BCUT2D eigenvalue weighted by Crippen LogP contribution is -2.29. The van der Waals surface area contributed by atoms with Crippen LogP contribution in [0.5, 0.6) is 5.75 Å². The van der Waals surface area contributed by atoms with Crippen LogP contribution in [0.1, 0.15) is 11.1 Å². The van der Waals surface area contributed by atoms with E-state index in [0.717, 1.165) is 31.7 Å². The number of epoxide rings is 1. The minimum Gasteiger partial charge on any atom is -0.491 e. The van der Waals surface area contributed by atoms with Gasteiger partial charge in [-0.2, -0.15) is 0 Å². The Morgan fingerprint density at radius 3 is 3.12 bits per heavy atom. The Hall–Kier alpha value is -1.55. The molecule has 1 aromatic rings. The predicted molar refractivity (Wildman–Crippen MR) is 61.9 cm³/mol. The summed E-state index contributed by atoms with van der Waals surface area (Å²) in [6, 6.07) is 6.10. The van der Waals surface area contributed by atoms with Gasteiger partial charge in [-0.15, -0.1) is 0 Å². The van der Waals surface area contributed by atoms with E-state index in [1.807, 2.05) is 12.1 Å². The van der Waals surface area contributed by atoms with Crippen molar-refractivity contribution in [2.45, 2.75) is 19.1 Å². The molecule has 1 amide bonds. The molecule has 4 heteroatoms. The molecule has 0 aromatic heterocycles. The fraction of sp³-hybridized carbons (Fsp3) is 0.462. The maximum atomic E-state index is 10.7. The highest BCUT2D eigenvalue weighted by molar-refractivity contribution is 5.49. The van der Waals surface area contributed by atoms with Crippen molar-refractivity contribution in [3.63, 3.8) is 0 Å². The van der Waals surface area contributed by atoms with E-state index < -0.39 is 0 Å². The summed E-state index contributed by atoms with van der Waals surface area (Å²) in [5.74, 6) is 0.902. The summed E-state index contributed by atoms with van der Waals surface area (Å²) in [5, 5.41) is 0. The molecule has 2 aliphatic heterocycles. The number of nitrogens with zero attached hydrogens (tertiary/aromatic N) is 1. The molecule has 0 aliphatic carbocycles. The maximum absolute atomic E-state index is 10.7. The van der Waals surface area contributed by atoms with Crippen LogP contribution in [-0.4, -0.2) is 37.2 Å². The monoisotopic (exact) mass is 233 g/mol. The number of fused-ring (bicyclic) bond motifs is 1. The second-order valence-corrected chi connectivity index (χ2v) is 4.52. The summed E-state index contributed by atoms with van der Waals surface area (Å²) in [5.41, 5.74) is 2.51. The van der Waals surface area contributed by atoms with Gasteiger partial charge in [0.2, 0.25) is 6.41 Å². The van der Waals surface area contributed by atoms with Crippen molar-refractivity contribution < 1.29 is 14.3 Å². The van der Waals surface area contributed by atoms with Gasteiger partial charge >= 0.3 is 0 Å². The van der Waals surface area contributed by atoms with Crippen LogP contribution in [0.2, 0.25) is 0 Å². The molecule has 3 rings (SSSR count). The van der Waals surface area contributed by atoms with E-state index in [-0.39, 0.29) is 6.10 Å².